The Morgan fingerprint density at radius 1 is 0.741 bits per heavy atom. The summed E-state index contributed by atoms with van der Waals surface area (Å²) < 4.78 is 0. The van der Waals surface area contributed by atoms with Crippen LogP contribution in [0.1, 0.15) is 85.0 Å². The van der Waals surface area contributed by atoms with Crippen LogP contribution in [-0.2, 0) is 0 Å². The highest BCUT2D eigenvalue weighted by atomic mass is 14.7. The molecule has 9 unspecified atom stereocenters. The largest absolute Gasteiger partial charge is 0.0996 e. The predicted octanol–water partition coefficient (Wildman–Crippen LogP) is 7.66. The first-order valence-electron chi connectivity index (χ1n) is 12.2. The molecule has 0 spiro atoms. The maximum absolute atomic E-state index is 4.59. The molecular weight excluding hydrogens is 324 g/mol. The minimum absolute atomic E-state index is 0.439. The average molecular weight is 367 g/mol. The molecule has 5 aliphatic rings. The molecule has 0 heterocycles. The molecule has 0 aromatic carbocycles. The van der Waals surface area contributed by atoms with Crippen molar-refractivity contribution in [1.29, 1.82) is 0 Å². The molecule has 27 heavy (non-hydrogen) atoms. The first-order valence-corrected chi connectivity index (χ1v) is 12.2. The second-order valence-electron chi connectivity index (χ2n) is 12.4. The van der Waals surface area contributed by atoms with Gasteiger partial charge in [-0.3, -0.25) is 0 Å². The number of rotatable bonds is 8. The van der Waals surface area contributed by atoms with Gasteiger partial charge in [0.05, 0.1) is 0 Å². The third-order valence-electron chi connectivity index (χ3n) is 10.1. The second-order valence-corrected chi connectivity index (χ2v) is 12.4. The first kappa shape index (κ1) is 18.5. The van der Waals surface area contributed by atoms with Gasteiger partial charge in [-0.05, 0) is 123 Å². The van der Waals surface area contributed by atoms with E-state index in [0.29, 0.717) is 5.41 Å². The maximum Gasteiger partial charge on any atom is -0.0172 e. The van der Waals surface area contributed by atoms with Crippen LogP contribution in [0.2, 0.25) is 0 Å². The van der Waals surface area contributed by atoms with Crippen molar-refractivity contribution in [3.05, 3.63) is 24.3 Å². The van der Waals surface area contributed by atoms with Crippen LogP contribution in [0.3, 0.4) is 0 Å². The van der Waals surface area contributed by atoms with Crippen LogP contribution < -0.4 is 0 Å². The lowest BCUT2D eigenvalue weighted by Gasteiger charge is -2.32. The standard InChI is InChI=1S/C27H42/c1-16(21-11-19-10-18(3)22(21)12-19)6-8-27(4,5)9-7-17(2)23-13-20-14-25(23)26-15-24(20)26/h18-26H,1-2,6-15H2,3-5H3. The SMILES string of the molecule is C=C(CCC(C)(C)CCC(=C)C1CC2CC1C1CC21)C1CC2CC(C)C1C2. The van der Waals surface area contributed by atoms with E-state index < -0.39 is 0 Å². The Morgan fingerprint density at radius 2 is 1.41 bits per heavy atom. The van der Waals surface area contributed by atoms with Crippen molar-refractivity contribution in [2.75, 3.05) is 0 Å². The van der Waals surface area contributed by atoms with E-state index in [1.165, 1.54) is 51.4 Å². The highest BCUT2D eigenvalue weighted by Gasteiger charge is 2.61. The zero-order valence-electron chi connectivity index (χ0n) is 18.2. The summed E-state index contributed by atoms with van der Waals surface area (Å²) >= 11 is 0. The third-order valence-corrected chi connectivity index (χ3v) is 10.1. The summed E-state index contributed by atoms with van der Waals surface area (Å²) in [5.41, 5.74) is 3.64. The summed E-state index contributed by atoms with van der Waals surface area (Å²) in [6.45, 7) is 16.6. The number of hydrogen-bond donors (Lipinski definition) is 0. The van der Waals surface area contributed by atoms with E-state index in [9.17, 15) is 0 Å². The molecule has 0 nitrogen and oxygen atoms in total. The maximum atomic E-state index is 4.59. The number of allylic oxidation sites excluding steroid dienone is 2. The van der Waals surface area contributed by atoms with E-state index >= 15 is 0 Å². The Labute approximate surface area is 168 Å². The van der Waals surface area contributed by atoms with Gasteiger partial charge in [0.25, 0.3) is 0 Å². The molecule has 0 saturated heterocycles. The highest BCUT2D eigenvalue weighted by Crippen LogP contribution is 2.68. The second kappa shape index (κ2) is 6.50. The van der Waals surface area contributed by atoms with Crippen LogP contribution in [0, 0.1) is 58.7 Å². The van der Waals surface area contributed by atoms with Crippen LogP contribution in [0.25, 0.3) is 0 Å². The van der Waals surface area contributed by atoms with Crippen molar-refractivity contribution in [1.82, 2.24) is 0 Å². The molecule has 0 heteroatoms. The van der Waals surface area contributed by atoms with Crippen LogP contribution in [0.5, 0.6) is 0 Å². The molecule has 0 aliphatic heterocycles. The van der Waals surface area contributed by atoms with E-state index in [1.54, 1.807) is 24.0 Å². The fraction of sp³-hybridized carbons (Fsp3) is 0.852. The molecule has 5 saturated carbocycles. The van der Waals surface area contributed by atoms with Crippen LogP contribution in [-0.4, -0.2) is 0 Å². The zero-order chi connectivity index (χ0) is 18.9. The van der Waals surface area contributed by atoms with Crippen molar-refractivity contribution in [2.24, 2.45) is 58.7 Å². The predicted molar refractivity (Wildman–Crippen MR) is 115 cm³/mol. The van der Waals surface area contributed by atoms with Crippen LogP contribution >= 0.6 is 0 Å². The minimum atomic E-state index is 0.439. The Bertz CT molecular complexity index is 596. The molecule has 5 rings (SSSR count). The van der Waals surface area contributed by atoms with Gasteiger partial charge in [-0.1, -0.05) is 45.1 Å². The molecule has 0 radical (unpaired) electrons. The van der Waals surface area contributed by atoms with Gasteiger partial charge in [-0.15, -0.1) is 0 Å². The van der Waals surface area contributed by atoms with E-state index in [2.05, 4.69) is 33.9 Å². The van der Waals surface area contributed by atoms with Gasteiger partial charge in [-0.2, -0.15) is 0 Å². The van der Waals surface area contributed by atoms with E-state index in [1.807, 2.05) is 0 Å². The zero-order valence-corrected chi connectivity index (χ0v) is 18.2. The van der Waals surface area contributed by atoms with E-state index in [4.69, 9.17) is 0 Å². The summed E-state index contributed by atoms with van der Waals surface area (Å²) in [5.74, 6) is 9.07. The molecule has 0 aromatic rings. The quantitative estimate of drug-likeness (QED) is 0.387. The fourth-order valence-corrected chi connectivity index (χ4v) is 8.34. The smallest absolute Gasteiger partial charge is 0.0172 e. The fourth-order valence-electron chi connectivity index (χ4n) is 8.34. The molecule has 0 amide bonds. The van der Waals surface area contributed by atoms with Gasteiger partial charge >= 0.3 is 0 Å². The summed E-state index contributed by atoms with van der Waals surface area (Å²) in [6, 6.07) is 0. The van der Waals surface area contributed by atoms with Crippen molar-refractivity contribution < 1.29 is 0 Å². The molecule has 0 N–H and O–H groups in total. The lowest BCUT2D eigenvalue weighted by atomic mass is 9.73. The molecule has 5 aliphatic carbocycles. The van der Waals surface area contributed by atoms with Crippen LogP contribution in [0.15, 0.2) is 24.3 Å². The van der Waals surface area contributed by atoms with Crippen molar-refractivity contribution in [3.63, 3.8) is 0 Å². The van der Waals surface area contributed by atoms with Gasteiger partial charge in [0.15, 0.2) is 0 Å². The molecule has 150 valence electrons. The first-order chi connectivity index (χ1) is 12.8. The summed E-state index contributed by atoms with van der Waals surface area (Å²) in [4.78, 5) is 0. The van der Waals surface area contributed by atoms with Gasteiger partial charge in [0.2, 0.25) is 0 Å². The van der Waals surface area contributed by atoms with Gasteiger partial charge in [-0.25, -0.2) is 0 Å². The summed E-state index contributed by atoms with van der Waals surface area (Å²) in [6.07, 6.45) is 14.2. The molecule has 9 atom stereocenters. The number of hydrogen-bond acceptors (Lipinski definition) is 0. The Balaban J connectivity index is 1.08. The molecule has 5 fully saturated rings. The van der Waals surface area contributed by atoms with Crippen LogP contribution in [0.4, 0.5) is 0 Å². The number of fused-ring (bicyclic) bond motifs is 7. The monoisotopic (exact) mass is 366 g/mol. The van der Waals surface area contributed by atoms with Crippen molar-refractivity contribution in [3.8, 4) is 0 Å². The lowest BCUT2D eigenvalue weighted by molar-refractivity contribution is 0.261. The highest BCUT2D eigenvalue weighted by molar-refractivity contribution is 5.18. The summed E-state index contributed by atoms with van der Waals surface area (Å²) in [7, 11) is 0. The van der Waals surface area contributed by atoms with E-state index in [-0.39, 0.29) is 0 Å². The van der Waals surface area contributed by atoms with Crippen molar-refractivity contribution >= 4 is 0 Å². The Hall–Kier alpha value is -0.520. The lowest BCUT2D eigenvalue weighted by Crippen LogP contribution is -2.21. The average Bonchev–Trinajstić information content (AvgIpc) is 2.96. The van der Waals surface area contributed by atoms with Gasteiger partial charge in [0.1, 0.15) is 0 Å². The van der Waals surface area contributed by atoms with Gasteiger partial charge < -0.3 is 0 Å². The summed E-state index contributed by atoms with van der Waals surface area (Å²) in [5, 5.41) is 0. The third kappa shape index (κ3) is 3.28. The normalized spacial score (nSPS) is 46.7. The van der Waals surface area contributed by atoms with Crippen molar-refractivity contribution in [2.45, 2.75) is 85.0 Å². The van der Waals surface area contributed by atoms with Gasteiger partial charge in [0, 0.05) is 0 Å². The molecule has 0 aromatic heterocycles. The topological polar surface area (TPSA) is 0 Å². The molecule has 4 bridgehead atoms. The Morgan fingerprint density at radius 3 is 1.96 bits per heavy atom. The molecular formula is C27H42. The van der Waals surface area contributed by atoms with E-state index in [0.717, 1.165) is 53.3 Å². The minimum Gasteiger partial charge on any atom is -0.0996 e. The Kier molecular flexibility index (Phi) is 4.45.